The lowest BCUT2D eigenvalue weighted by Gasteiger charge is -2.14. The third kappa shape index (κ3) is 4.78. The van der Waals surface area contributed by atoms with Gasteiger partial charge >= 0.3 is 0 Å². The monoisotopic (exact) mass is 241 g/mol. The lowest BCUT2D eigenvalue weighted by Crippen LogP contribution is -2.26. The molecular formula is C14H15N3O. The number of carbonyl (C=O) groups excluding carboxylic acids is 1. The number of hydrogen-bond acceptors (Lipinski definition) is 4. The Morgan fingerprint density at radius 2 is 1.72 bits per heavy atom. The third-order valence-electron chi connectivity index (χ3n) is 2.56. The van der Waals surface area contributed by atoms with E-state index in [9.17, 15) is 4.79 Å². The van der Waals surface area contributed by atoms with Crippen molar-refractivity contribution in [1.29, 1.82) is 10.5 Å². The van der Waals surface area contributed by atoms with E-state index in [1.54, 1.807) is 17.0 Å². The minimum absolute atomic E-state index is 0.101. The molecule has 0 unspecified atom stereocenters. The van der Waals surface area contributed by atoms with Crippen LogP contribution in [0.15, 0.2) is 30.3 Å². The maximum absolute atomic E-state index is 11.8. The van der Waals surface area contributed by atoms with Crippen LogP contribution in [0.2, 0.25) is 0 Å². The smallest absolute Gasteiger partial charge is 0.162 e. The van der Waals surface area contributed by atoms with Crippen LogP contribution in [-0.2, 0) is 0 Å². The summed E-state index contributed by atoms with van der Waals surface area (Å²) < 4.78 is 0. The van der Waals surface area contributed by atoms with Gasteiger partial charge in [-0.3, -0.25) is 9.69 Å². The first-order chi connectivity index (χ1) is 8.77. The van der Waals surface area contributed by atoms with Gasteiger partial charge in [-0.1, -0.05) is 30.3 Å². The average Bonchev–Trinajstić information content (AvgIpc) is 2.40. The van der Waals surface area contributed by atoms with Crippen molar-refractivity contribution in [3.8, 4) is 12.1 Å². The van der Waals surface area contributed by atoms with Crippen LogP contribution in [0.5, 0.6) is 0 Å². The molecule has 0 N–H and O–H groups in total. The molecule has 92 valence electrons. The summed E-state index contributed by atoms with van der Waals surface area (Å²) in [7, 11) is 0. The van der Waals surface area contributed by atoms with Gasteiger partial charge in [-0.2, -0.15) is 10.5 Å². The molecule has 0 atom stereocenters. The second-order valence-corrected chi connectivity index (χ2v) is 3.92. The summed E-state index contributed by atoms with van der Waals surface area (Å²) in [4.78, 5) is 13.5. The van der Waals surface area contributed by atoms with Gasteiger partial charge in [0.05, 0.1) is 25.2 Å². The molecule has 0 bridgehead atoms. The van der Waals surface area contributed by atoms with Gasteiger partial charge in [-0.25, -0.2) is 0 Å². The van der Waals surface area contributed by atoms with Gasteiger partial charge < -0.3 is 0 Å². The van der Waals surface area contributed by atoms with Crippen LogP contribution in [0.4, 0.5) is 0 Å². The molecule has 0 radical (unpaired) electrons. The highest BCUT2D eigenvalue weighted by atomic mass is 16.1. The number of nitriles is 2. The SMILES string of the molecule is N#CCN(CC#N)CCCC(=O)c1ccccc1. The Bertz CT molecular complexity index is 440. The predicted octanol–water partition coefficient (Wildman–Crippen LogP) is 2.00. The van der Waals surface area contributed by atoms with E-state index in [2.05, 4.69) is 0 Å². The molecule has 1 rings (SSSR count). The van der Waals surface area contributed by atoms with Crippen molar-refractivity contribution >= 4 is 5.78 Å². The number of nitrogens with zero attached hydrogens (tertiary/aromatic N) is 3. The minimum atomic E-state index is 0.101. The third-order valence-corrected chi connectivity index (χ3v) is 2.56. The molecule has 0 heterocycles. The molecule has 1 aromatic rings. The van der Waals surface area contributed by atoms with Crippen molar-refractivity contribution in [3.05, 3.63) is 35.9 Å². The van der Waals surface area contributed by atoms with E-state index in [1.165, 1.54) is 0 Å². The van der Waals surface area contributed by atoms with Crippen LogP contribution in [0, 0.1) is 22.7 Å². The summed E-state index contributed by atoms with van der Waals surface area (Å²) in [6.07, 6.45) is 1.11. The van der Waals surface area contributed by atoms with E-state index in [4.69, 9.17) is 10.5 Å². The van der Waals surface area contributed by atoms with Gasteiger partial charge in [0.2, 0.25) is 0 Å². The molecule has 1 aromatic carbocycles. The molecule has 0 saturated heterocycles. The van der Waals surface area contributed by atoms with Crippen molar-refractivity contribution in [2.75, 3.05) is 19.6 Å². The maximum Gasteiger partial charge on any atom is 0.162 e. The van der Waals surface area contributed by atoms with E-state index < -0.39 is 0 Å². The number of benzene rings is 1. The first-order valence-corrected chi connectivity index (χ1v) is 5.82. The molecule has 4 nitrogen and oxygen atoms in total. The minimum Gasteiger partial charge on any atom is -0.294 e. The second-order valence-electron chi connectivity index (χ2n) is 3.92. The predicted molar refractivity (Wildman–Crippen MR) is 67.7 cm³/mol. The standard InChI is InChI=1S/C14H15N3O/c15-8-11-17(12-9-16)10-4-7-14(18)13-5-2-1-3-6-13/h1-3,5-6H,4,7,10-12H2. The second kappa shape index (κ2) is 8.00. The van der Waals surface area contributed by atoms with Crippen LogP contribution in [0.3, 0.4) is 0 Å². The highest BCUT2D eigenvalue weighted by molar-refractivity contribution is 5.95. The van der Waals surface area contributed by atoms with Crippen molar-refractivity contribution in [1.82, 2.24) is 4.90 Å². The van der Waals surface area contributed by atoms with Crippen LogP contribution in [-0.4, -0.2) is 30.3 Å². The number of hydrogen-bond donors (Lipinski definition) is 0. The van der Waals surface area contributed by atoms with Crippen molar-refractivity contribution in [2.24, 2.45) is 0 Å². The highest BCUT2D eigenvalue weighted by Gasteiger charge is 2.07. The molecule has 0 aromatic heterocycles. The molecule has 0 spiro atoms. The van der Waals surface area contributed by atoms with Crippen LogP contribution < -0.4 is 0 Å². The fourth-order valence-corrected chi connectivity index (χ4v) is 1.65. The average molecular weight is 241 g/mol. The fourth-order valence-electron chi connectivity index (χ4n) is 1.65. The maximum atomic E-state index is 11.8. The Hall–Kier alpha value is -2.17. The Morgan fingerprint density at radius 3 is 2.28 bits per heavy atom. The molecule has 18 heavy (non-hydrogen) atoms. The van der Waals surface area contributed by atoms with Gasteiger partial charge in [-0.05, 0) is 6.42 Å². The Balaban J connectivity index is 2.35. The van der Waals surface area contributed by atoms with Crippen molar-refractivity contribution < 1.29 is 4.79 Å². The summed E-state index contributed by atoms with van der Waals surface area (Å²) in [5.41, 5.74) is 0.713. The normalized spacial score (nSPS) is 9.72. The van der Waals surface area contributed by atoms with Crippen molar-refractivity contribution in [3.63, 3.8) is 0 Å². The summed E-state index contributed by atoms with van der Waals surface area (Å²) >= 11 is 0. The summed E-state index contributed by atoms with van der Waals surface area (Å²) in [6, 6.07) is 13.2. The quantitative estimate of drug-likeness (QED) is 0.541. The van der Waals surface area contributed by atoms with Crippen molar-refractivity contribution in [2.45, 2.75) is 12.8 Å². The lowest BCUT2D eigenvalue weighted by molar-refractivity contribution is 0.0976. The number of Topliss-reactive ketones (excluding diaryl/α,β-unsaturated/α-hetero) is 1. The largest absolute Gasteiger partial charge is 0.294 e. The van der Waals surface area contributed by atoms with Crippen LogP contribution in [0.1, 0.15) is 23.2 Å². The molecule has 0 fully saturated rings. The molecule has 0 aliphatic rings. The van der Waals surface area contributed by atoms with Gasteiger partial charge in [0.1, 0.15) is 0 Å². The van der Waals surface area contributed by atoms with Crippen LogP contribution >= 0.6 is 0 Å². The highest BCUT2D eigenvalue weighted by Crippen LogP contribution is 2.05. The van der Waals surface area contributed by atoms with E-state index in [1.807, 2.05) is 30.3 Å². The summed E-state index contributed by atoms with van der Waals surface area (Å²) in [5.74, 6) is 0.101. The van der Waals surface area contributed by atoms with E-state index in [0.29, 0.717) is 24.9 Å². The topological polar surface area (TPSA) is 67.9 Å². The number of rotatable bonds is 7. The van der Waals surface area contributed by atoms with Gasteiger partial charge in [0, 0.05) is 18.5 Å². The molecule has 0 aliphatic heterocycles. The molecule has 0 saturated carbocycles. The Labute approximate surface area is 107 Å². The Morgan fingerprint density at radius 1 is 1.11 bits per heavy atom. The van der Waals surface area contributed by atoms with Gasteiger partial charge in [-0.15, -0.1) is 0 Å². The van der Waals surface area contributed by atoms with E-state index in [0.717, 1.165) is 0 Å². The lowest BCUT2D eigenvalue weighted by atomic mass is 10.1. The van der Waals surface area contributed by atoms with Crippen LogP contribution in [0.25, 0.3) is 0 Å². The summed E-state index contributed by atoms with van der Waals surface area (Å²) in [5, 5.41) is 17.2. The molecule has 0 aliphatic carbocycles. The first-order valence-electron chi connectivity index (χ1n) is 5.82. The molecule has 0 amide bonds. The van der Waals surface area contributed by atoms with E-state index >= 15 is 0 Å². The number of carbonyl (C=O) groups is 1. The Kier molecular flexibility index (Phi) is 6.17. The summed E-state index contributed by atoms with van der Waals surface area (Å²) in [6.45, 7) is 1.06. The number of ketones is 1. The van der Waals surface area contributed by atoms with Gasteiger partial charge in [0.25, 0.3) is 0 Å². The zero-order valence-electron chi connectivity index (χ0n) is 10.2. The van der Waals surface area contributed by atoms with Gasteiger partial charge in [0.15, 0.2) is 5.78 Å². The molecule has 4 heteroatoms. The zero-order valence-corrected chi connectivity index (χ0v) is 10.2. The molecular weight excluding hydrogens is 226 g/mol. The fraction of sp³-hybridized carbons (Fsp3) is 0.357. The van der Waals surface area contributed by atoms with E-state index in [-0.39, 0.29) is 18.9 Å². The first kappa shape index (κ1) is 13.9. The zero-order chi connectivity index (χ0) is 13.2.